The van der Waals surface area contributed by atoms with E-state index in [0.717, 1.165) is 42.2 Å². The number of thioether (sulfide) groups is 1. The first-order valence-corrected chi connectivity index (χ1v) is 13.2. The maximum atomic E-state index is 13.6. The summed E-state index contributed by atoms with van der Waals surface area (Å²) in [7, 11) is 0. The van der Waals surface area contributed by atoms with Crippen LogP contribution in [0.25, 0.3) is 11.8 Å². The summed E-state index contributed by atoms with van der Waals surface area (Å²) in [4.78, 5) is 32.6. The van der Waals surface area contributed by atoms with E-state index in [1.165, 1.54) is 50.3 Å². The van der Waals surface area contributed by atoms with Gasteiger partial charge in [0.05, 0.1) is 16.5 Å². The van der Waals surface area contributed by atoms with Gasteiger partial charge >= 0.3 is 5.97 Å². The molecule has 0 atom stereocenters. The number of carboxylic acids is 1. The van der Waals surface area contributed by atoms with Gasteiger partial charge in [-0.05, 0) is 79.9 Å². The van der Waals surface area contributed by atoms with Gasteiger partial charge in [-0.15, -0.1) is 0 Å². The number of aromatic nitrogens is 1. The molecule has 1 amide bonds. The molecule has 3 fully saturated rings. The Hall–Kier alpha value is -2.80. The molecule has 1 saturated heterocycles. The van der Waals surface area contributed by atoms with Crippen LogP contribution in [0.3, 0.4) is 0 Å². The molecule has 1 aromatic heterocycles. The van der Waals surface area contributed by atoms with E-state index in [0.29, 0.717) is 10.9 Å². The highest BCUT2D eigenvalue weighted by Gasteiger charge is 2.39. The number of aromatic carboxylic acids is 1. The maximum Gasteiger partial charge on any atom is 0.335 e. The monoisotopic (exact) mass is 477 g/mol. The minimum atomic E-state index is -0.943. The number of aliphatic imine (C=N–C) groups is 1. The summed E-state index contributed by atoms with van der Waals surface area (Å²) in [6.45, 7) is 0. The largest absolute Gasteiger partial charge is 0.478 e. The zero-order valence-corrected chi connectivity index (χ0v) is 20.2. The SMILES string of the molecule is O=C(O)c1ccc(-n2cccc2/C=C2/SC(=NC3CCCCC3)N(C3CCCCC3)C2=O)cc1. The molecule has 7 heteroatoms. The van der Waals surface area contributed by atoms with Crippen LogP contribution in [-0.4, -0.2) is 43.7 Å². The van der Waals surface area contributed by atoms with Gasteiger partial charge in [0.2, 0.25) is 0 Å². The van der Waals surface area contributed by atoms with E-state index in [1.54, 1.807) is 24.3 Å². The number of rotatable bonds is 5. The van der Waals surface area contributed by atoms with Crippen LogP contribution in [0.1, 0.15) is 80.3 Å². The van der Waals surface area contributed by atoms with E-state index in [4.69, 9.17) is 4.99 Å². The molecule has 1 aromatic carbocycles. The topological polar surface area (TPSA) is 74.9 Å². The molecule has 0 radical (unpaired) electrons. The fraction of sp³-hybridized carbons (Fsp3) is 0.444. The van der Waals surface area contributed by atoms with E-state index in [2.05, 4.69) is 0 Å². The van der Waals surface area contributed by atoms with Crippen molar-refractivity contribution in [2.75, 3.05) is 0 Å². The summed E-state index contributed by atoms with van der Waals surface area (Å²) in [5.74, 6) is -0.873. The summed E-state index contributed by atoms with van der Waals surface area (Å²) in [6.07, 6.45) is 15.5. The molecule has 178 valence electrons. The second-order valence-corrected chi connectivity index (χ2v) is 10.4. The fourth-order valence-electron chi connectivity index (χ4n) is 5.25. The number of carbonyl (C=O) groups is 2. The molecule has 1 aliphatic heterocycles. The van der Waals surface area contributed by atoms with Gasteiger partial charge in [0, 0.05) is 23.6 Å². The number of benzene rings is 1. The number of amidine groups is 1. The summed E-state index contributed by atoms with van der Waals surface area (Å²) < 4.78 is 1.98. The summed E-state index contributed by atoms with van der Waals surface area (Å²) >= 11 is 1.52. The average Bonchev–Trinajstić information content (AvgIpc) is 3.45. The molecule has 0 unspecified atom stereocenters. The molecule has 2 aliphatic carbocycles. The summed E-state index contributed by atoms with van der Waals surface area (Å²) in [5, 5.41) is 10.1. The number of nitrogens with zero attached hydrogens (tertiary/aromatic N) is 3. The van der Waals surface area contributed by atoms with Crippen molar-refractivity contribution in [2.24, 2.45) is 4.99 Å². The normalized spacial score (nSPS) is 22.7. The Labute approximate surface area is 204 Å². The van der Waals surface area contributed by atoms with Crippen LogP contribution in [0.5, 0.6) is 0 Å². The quantitative estimate of drug-likeness (QED) is 0.527. The van der Waals surface area contributed by atoms with E-state index in [9.17, 15) is 14.7 Å². The first-order valence-electron chi connectivity index (χ1n) is 12.4. The molecule has 6 nitrogen and oxygen atoms in total. The van der Waals surface area contributed by atoms with Crippen molar-refractivity contribution in [1.29, 1.82) is 0 Å². The van der Waals surface area contributed by atoms with Crippen LogP contribution in [0.15, 0.2) is 52.5 Å². The molecule has 0 spiro atoms. The fourth-order valence-corrected chi connectivity index (χ4v) is 6.34. The Bertz CT molecular complexity index is 1110. The van der Waals surface area contributed by atoms with Crippen molar-refractivity contribution in [2.45, 2.75) is 76.3 Å². The summed E-state index contributed by atoms with van der Waals surface area (Å²) in [6, 6.07) is 11.3. The van der Waals surface area contributed by atoms with Gasteiger partial charge in [0.1, 0.15) is 0 Å². The Morgan fingerprint density at radius 3 is 2.32 bits per heavy atom. The lowest BCUT2D eigenvalue weighted by Gasteiger charge is -2.31. The van der Waals surface area contributed by atoms with Gasteiger partial charge in [-0.2, -0.15) is 0 Å². The molecule has 2 heterocycles. The van der Waals surface area contributed by atoms with E-state index >= 15 is 0 Å². The van der Waals surface area contributed by atoms with Gasteiger partial charge < -0.3 is 9.67 Å². The van der Waals surface area contributed by atoms with Crippen molar-refractivity contribution >= 4 is 34.9 Å². The third-order valence-corrected chi connectivity index (χ3v) is 8.09. The standard InChI is InChI=1S/C27H31N3O3S/c31-25-24(18-23-12-7-17-29(23)21-15-13-19(14-16-21)26(32)33)34-27(28-20-8-3-1-4-9-20)30(25)22-10-5-2-6-11-22/h7,12-18,20,22H,1-6,8-11H2,(H,32,33)/b24-18+,28-27?. The number of hydrogen-bond donors (Lipinski definition) is 1. The van der Waals surface area contributed by atoms with Crippen molar-refractivity contribution in [1.82, 2.24) is 9.47 Å². The molecular formula is C27H31N3O3S. The lowest BCUT2D eigenvalue weighted by molar-refractivity contribution is -0.124. The molecule has 34 heavy (non-hydrogen) atoms. The lowest BCUT2D eigenvalue weighted by Crippen LogP contribution is -2.41. The number of hydrogen-bond acceptors (Lipinski definition) is 4. The number of carbonyl (C=O) groups excluding carboxylic acids is 1. The van der Waals surface area contributed by atoms with Crippen molar-refractivity contribution in [3.63, 3.8) is 0 Å². The first-order chi connectivity index (χ1) is 16.6. The zero-order chi connectivity index (χ0) is 23.5. The van der Waals surface area contributed by atoms with E-state index in [1.807, 2.05) is 33.9 Å². The number of amides is 1. The second-order valence-electron chi connectivity index (χ2n) is 9.44. The molecule has 1 N–H and O–H groups in total. The highest BCUT2D eigenvalue weighted by atomic mass is 32.2. The second kappa shape index (κ2) is 10.2. The minimum absolute atomic E-state index is 0.0698. The highest BCUT2D eigenvalue weighted by molar-refractivity contribution is 8.18. The van der Waals surface area contributed by atoms with Gasteiger partial charge in [-0.25, -0.2) is 4.79 Å². The first kappa shape index (κ1) is 23.0. The van der Waals surface area contributed by atoms with Crippen LogP contribution < -0.4 is 0 Å². The Morgan fingerprint density at radius 1 is 0.971 bits per heavy atom. The van der Waals surface area contributed by atoms with Gasteiger partial charge in [-0.1, -0.05) is 38.5 Å². The van der Waals surface area contributed by atoms with Crippen LogP contribution in [0, 0.1) is 0 Å². The predicted octanol–water partition coefficient (Wildman–Crippen LogP) is 6.11. The zero-order valence-electron chi connectivity index (χ0n) is 19.4. The van der Waals surface area contributed by atoms with Gasteiger partial charge in [-0.3, -0.25) is 14.7 Å². The average molecular weight is 478 g/mol. The molecule has 0 bridgehead atoms. The van der Waals surface area contributed by atoms with Crippen LogP contribution >= 0.6 is 11.8 Å². The third kappa shape index (κ3) is 4.85. The van der Waals surface area contributed by atoms with Crippen LogP contribution in [-0.2, 0) is 4.79 Å². The predicted molar refractivity (Wildman–Crippen MR) is 136 cm³/mol. The Kier molecular flexibility index (Phi) is 6.90. The highest BCUT2D eigenvalue weighted by Crippen LogP contribution is 2.38. The van der Waals surface area contributed by atoms with Crippen LogP contribution in [0.2, 0.25) is 0 Å². The van der Waals surface area contributed by atoms with Crippen molar-refractivity contribution in [3.8, 4) is 5.69 Å². The van der Waals surface area contributed by atoms with E-state index < -0.39 is 5.97 Å². The molecule has 2 saturated carbocycles. The Morgan fingerprint density at radius 2 is 1.65 bits per heavy atom. The van der Waals surface area contributed by atoms with Gasteiger partial charge in [0.15, 0.2) is 5.17 Å². The molecular weight excluding hydrogens is 446 g/mol. The Balaban J connectivity index is 1.45. The third-order valence-electron chi connectivity index (χ3n) is 7.10. The smallest absolute Gasteiger partial charge is 0.335 e. The molecule has 3 aliphatic rings. The lowest BCUT2D eigenvalue weighted by atomic mass is 9.94. The van der Waals surface area contributed by atoms with Gasteiger partial charge in [0.25, 0.3) is 5.91 Å². The van der Waals surface area contributed by atoms with Crippen molar-refractivity contribution < 1.29 is 14.7 Å². The minimum Gasteiger partial charge on any atom is -0.478 e. The summed E-state index contributed by atoms with van der Waals surface area (Å²) in [5.41, 5.74) is 2.00. The molecule has 5 rings (SSSR count). The maximum absolute atomic E-state index is 13.6. The number of carboxylic acid groups (broad SMARTS) is 1. The van der Waals surface area contributed by atoms with E-state index in [-0.39, 0.29) is 17.5 Å². The molecule has 2 aromatic rings. The van der Waals surface area contributed by atoms with Crippen molar-refractivity contribution in [3.05, 3.63) is 58.8 Å². The van der Waals surface area contributed by atoms with Crippen LogP contribution in [0.4, 0.5) is 0 Å².